The van der Waals surface area contributed by atoms with E-state index in [9.17, 15) is 0 Å². The number of nitrogens with zero attached hydrogens (tertiary/aromatic N) is 2. The van der Waals surface area contributed by atoms with Gasteiger partial charge in [0, 0.05) is 44.8 Å². The van der Waals surface area contributed by atoms with Crippen LogP contribution in [-0.4, -0.2) is 43.1 Å². The maximum Gasteiger partial charge on any atom is 0.123 e. The molecule has 3 aromatic carbocycles. The van der Waals surface area contributed by atoms with Crippen molar-refractivity contribution < 1.29 is 4.74 Å². The Balaban J connectivity index is 1.38. The van der Waals surface area contributed by atoms with E-state index < -0.39 is 0 Å². The summed E-state index contributed by atoms with van der Waals surface area (Å²) >= 11 is 0. The zero-order valence-corrected chi connectivity index (χ0v) is 15.4. The van der Waals surface area contributed by atoms with Gasteiger partial charge in [0.2, 0.25) is 0 Å². The lowest BCUT2D eigenvalue weighted by atomic mass is 10.0. The van der Waals surface area contributed by atoms with Crippen molar-refractivity contribution >= 4 is 10.8 Å². The third kappa shape index (κ3) is 3.74. The van der Waals surface area contributed by atoms with E-state index in [4.69, 9.17) is 4.74 Å². The number of hydrogen-bond acceptors (Lipinski definition) is 3. The zero-order valence-electron chi connectivity index (χ0n) is 15.4. The van der Waals surface area contributed by atoms with Crippen LogP contribution in [0.3, 0.4) is 0 Å². The molecule has 26 heavy (non-hydrogen) atoms. The second-order valence-electron chi connectivity index (χ2n) is 7.00. The number of rotatable bonds is 5. The standard InChI is InChI=1S/C23H26N2O/c1-26-23-12-5-3-8-21(23)18-25-15-13-24(14-16-25)17-20-10-6-9-19-7-2-4-11-22(19)20/h2-12H,13-18H2,1H3. The Morgan fingerprint density at radius 3 is 2.04 bits per heavy atom. The summed E-state index contributed by atoms with van der Waals surface area (Å²) in [6.45, 7) is 6.42. The number of piperazine rings is 1. The second-order valence-corrected chi connectivity index (χ2v) is 7.00. The normalized spacial score (nSPS) is 16.0. The summed E-state index contributed by atoms with van der Waals surface area (Å²) in [4.78, 5) is 5.10. The third-order valence-electron chi connectivity index (χ3n) is 5.33. The number of benzene rings is 3. The van der Waals surface area contributed by atoms with Crippen molar-refractivity contribution in [2.75, 3.05) is 33.3 Å². The van der Waals surface area contributed by atoms with Gasteiger partial charge >= 0.3 is 0 Å². The Hall–Kier alpha value is -2.36. The fourth-order valence-electron chi connectivity index (χ4n) is 3.85. The Labute approximate surface area is 155 Å². The van der Waals surface area contributed by atoms with Gasteiger partial charge in [-0.2, -0.15) is 0 Å². The predicted octanol–water partition coefficient (Wildman–Crippen LogP) is 4.17. The van der Waals surface area contributed by atoms with E-state index in [2.05, 4.69) is 64.4 Å². The van der Waals surface area contributed by atoms with Crippen molar-refractivity contribution in [3.05, 3.63) is 77.9 Å². The largest absolute Gasteiger partial charge is 0.496 e. The second kappa shape index (κ2) is 7.90. The van der Waals surface area contributed by atoms with Crippen LogP contribution in [0.5, 0.6) is 5.75 Å². The van der Waals surface area contributed by atoms with Crippen LogP contribution in [0.2, 0.25) is 0 Å². The first-order valence-electron chi connectivity index (χ1n) is 9.37. The molecule has 4 rings (SSSR count). The van der Waals surface area contributed by atoms with Gasteiger partial charge in [0.05, 0.1) is 7.11 Å². The fourth-order valence-corrected chi connectivity index (χ4v) is 3.85. The van der Waals surface area contributed by atoms with E-state index in [1.54, 1.807) is 7.11 Å². The Kier molecular flexibility index (Phi) is 5.19. The van der Waals surface area contributed by atoms with Crippen LogP contribution in [-0.2, 0) is 13.1 Å². The van der Waals surface area contributed by atoms with Crippen LogP contribution < -0.4 is 4.74 Å². The quantitative estimate of drug-likeness (QED) is 0.690. The van der Waals surface area contributed by atoms with Crippen LogP contribution in [0, 0.1) is 0 Å². The van der Waals surface area contributed by atoms with E-state index in [1.807, 2.05) is 12.1 Å². The molecule has 0 aliphatic carbocycles. The van der Waals surface area contributed by atoms with Crippen molar-refractivity contribution in [2.45, 2.75) is 13.1 Å². The lowest BCUT2D eigenvalue weighted by molar-refractivity contribution is 0.121. The smallest absolute Gasteiger partial charge is 0.123 e. The number of para-hydroxylation sites is 1. The van der Waals surface area contributed by atoms with E-state index in [-0.39, 0.29) is 0 Å². The first kappa shape index (κ1) is 17.1. The molecule has 0 N–H and O–H groups in total. The number of ether oxygens (including phenoxy) is 1. The van der Waals surface area contributed by atoms with Crippen molar-refractivity contribution in [2.24, 2.45) is 0 Å². The molecule has 1 fully saturated rings. The van der Waals surface area contributed by atoms with E-state index in [1.165, 1.54) is 21.9 Å². The van der Waals surface area contributed by atoms with Gasteiger partial charge in [0.1, 0.15) is 5.75 Å². The molecule has 3 heteroatoms. The fraction of sp³-hybridized carbons (Fsp3) is 0.304. The molecule has 0 aromatic heterocycles. The van der Waals surface area contributed by atoms with Crippen LogP contribution in [0.15, 0.2) is 66.7 Å². The summed E-state index contributed by atoms with van der Waals surface area (Å²) in [7, 11) is 1.75. The molecule has 134 valence electrons. The van der Waals surface area contributed by atoms with Gasteiger partial charge in [0.25, 0.3) is 0 Å². The summed E-state index contributed by atoms with van der Waals surface area (Å²) < 4.78 is 5.49. The number of hydrogen-bond donors (Lipinski definition) is 0. The Bertz CT molecular complexity index is 863. The molecule has 0 radical (unpaired) electrons. The number of fused-ring (bicyclic) bond motifs is 1. The summed E-state index contributed by atoms with van der Waals surface area (Å²) in [5.41, 5.74) is 2.71. The molecule has 1 heterocycles. The van der Waals surface area contributed by atoms with Crippen LogP contribution in [0.1, 0.15) is 11.1 Å². The summed E-state index contributed by atoms with van der Waals surface area (Å²) in [6.07, 6.45) is 0. The van der Waals surface area contributed by atoms with Crippen molar-refractivity contribution in [3.63, 3.8) is 0 Å². The van der Waals surface area contributed by atoms with E-state index in [0.29, 0.717) is 0 Å². The minimum atomic E-state index is 0.964. The molecule has 3 aromatic rings. The lowest BCUT2D eigenvalue weighted by Gasteiger charge is -2.35. The van der Waals surface area contributed by atoms with Gasteiger partial charge in [-0.3, -0.25) is 9.80 Å². The average molecular weight is 346 g/mol. The third-order valence-corrected chi connectivity index (χ3v) is 5.33. The number of methoxy groups -OCH3 is 1. The predicted molar refractivity (Wildman–Crippen MR) is 107 cm³/mol. The lowest BCUT2D eigenvalue weighted by Crippen LogP contribution is -2.45. The van der Waals surface area contributed by atoms with Crippen molar-refractivity contribution in [1.29, 1.82) is 0 Å². The molecule has 1 aliphatic rings. The molecule has 3 nitrogen and oxygen atoms in total. The molecule has 0 saturated carbocycles. The first-order valence-corrected chi connectivity index (χ1v) is 9.37. The van der Waals surface area contributed by atoms with Gasteiger partial charge in [-0.1, -0.05) is 60.7 Å². The van der Waals surface area contributed by atoms with E-state index >= 15 is 0 Å². The molecule has 0 atom stereocenters. The molecule has 0 unspecified atom stereocenters. The average Bonchev–Trinajstić information content (AvgIpc) is 2.70. The SMILES string of the molecule is COc1ccccc1CN1CCN(Cc2cccc3ccccc23)CC1. The van der Waals surface area contributed by atoms with E-state index in [0.717, 1.165) is 45.0 Å². The highest BCUT2D eigenvalue weighted by atomic mass is 16.5. The highest BCUT2D eigenvalue weighted by molar-refractivity contribution is 5.85. The van der Waals surface area contributed by atoms with Crippen LogP contribution in [0.25, 0.3) is 10.8 Å². The van der Waals surface area contributed by atoms with Crippen LogP contribution >= 0.6 is 0 Å². The Morgan fingerprint density at radius 1 is 0.692 bits per heavy atom. The van der Waals surface area contributed by atoms with Crippen molar-refractivity contribution in [3.8, 4) is 5.75 Å². The maximum absolute atomic E-state index is 5.49. The summed E-state index contributed by atoms with van der Waals surface area (Å²) in [6, 6.07) is 23.7. The molecule has 0 bridgehead atoms. The first-order chi connectivity index (χ1) is 12.8. The zero-order chi connectivity index (χ0) is 17.8. The summed E-state index contributed by atoms with van der Waals surface area (Å²) in [5.74, 6) is 0.991. The summed E-state index contributed by atoms with van der Waals surface area (Å²) in [5, 5.41) is 2.71. The Morgan fingerprint density at radius 2 is 1.27 bits per heavy atom. The van der Waals surface area contributed by atoms with Gasteiger partial charge in [-0.05, 0) is 22.4 Å². The highest BCUT2D eigenvalue weighted by Crippen LogP contribution is 2.22. The van der Waals surface area contributed by atoms with Gasteiger partial charge in [0.15, 0.2) is 0 Å². The van der Waals surface area contributed by atoms with Gasteiger partial charge in [-0.25, -0.2) is 0 Å². The monoisotopic (exact) mass is 346 g/mol. The molecule has 0 amide bonds. The molecular formula is C23H26N2O. The van der Waals surface area contributed by atoms with Gasteiger partial charge in [-0.15, -0.1) is 0 Å². The molecule has 0 spiro atoms. The minimum Gasteiger partial charge on any atom is -0.496 e. The molecule has 1 aliphatic heterocycles. The van der Waals surface area contributed by atoms with Crippen LogP contribution in [0.4, 0.5) is 0 Å². The maximum atomic E-state index is 5.49. The minimum absolute atomic E-state index is 0.964. The molecular weight excluding hydrogens is 320 g/mol. The van der Waals surface area contributed by atoms with Crippen molar-refractivity contribution in [1.82, 2.24) is 9.80 Å². The molecule has 1 saturated heterocycles. The van der Waals surface area contributed by atoms with Gasteiger partial charge < -0.3 is 4.74 Å². The topological polar surface area (TPSA) is 15.7 Å². The highest BCUT2D eigenvalue weighted by Gasteiger charge is 2.18.